The fourth-order valence-corrected chi connectivity index (χ4v) is 4.75. The highest BCUT2D eigenvalue weighted by Crippen LogP contribution is 2.42. The van der Waals surface area contributed by atoms with E-state index >= 15 is 0 Å². The van der Waals surface area contributed by atoms with Crippen LogP contribution in [0.5, 0.6) is 0 Å². The quantitative estimate of drug-likeness (QED) is 0.237. The Morgan fingerprint density at radius 1 is 1.03 bits per heavy atom. The topological polar surface area (TPSA) is 72.8 Å². The Kier molecular flexibility index (Phi) is 10.4. The number of ether oxygens (including phenoxy) is 1. The number of ketones is 1. The number of aliphatic hydroxyl groups is 1. The average molecular weight is 457 g/mol. The van der Waals surface area contributed by atoms with Crippen molar-refractivity contribution >= 4 is 20.1 Å². The average Bonchev–Trinajstić information content (AvgIpc) is 2.56. The van der Waals surface area contributed by atoms with Gasteiger partial charge in [0.1, 0.15) is 11.4 Å². The maximum absolute atomic E-state index is 13.6. The van der Waals surface area contributed by atoms with Crippen molar-refractivity contribution in [3.05, 3.63) is 12.7 Å². The molecule has 0 aromatic rings. The van der Waals surface area contributed by atoms with Gasteiger partial charge in [0, 0.05) is 11.3 Å². The summed E-state index contributed by atoms with van der Waals surface area (Å²) in [5, 5.41) is 10.7. The van der Waals surface area contributed by atoms with E-state index in [0.29, 0.717) is 6.42 Å². The van der Waals surface area contributed by atoms with Crippen LogP contribution in [0.4, 0.5) is 0 Å². The molecule has 0 aromatic carbocycles. The van der Waals surface area contributed by atoms with Crippen molar-refractivity contribution in [2.45, 2.75) is 118 Å². The predicted molar refractivity (Wildman–Crippen MR) is 130 cm³/mol. The minimum atomic E-state index is -2.28. The van der Waals surface area contributed by atoms with Crippen LogP contribution < -0.4 is 0 Å². The number of Topliss-reactive ketones (excluding diaryl/α,β-unsaturated/α-hetero) is 1. The van der Waals surface area contributed by atoms with Gasteiger partial charge < -0.3 is 14.3 Å². The molecule has 0 rings (SSSR count). The summed E-state index contributed by atoms with van der Waals surface area (Å²) in [5.74, 6) is -1.17. The molecule has 0 aliphatic heterocycles. The molecule has 0 aliphatic rings. The molecular formula is C25H48O5Si. The molecule has 0 unspecified atom stereocenters. The zero-order chi connectivity index (χ0) is 25.0. The molecule has 1 N–H and O–H groups in total. The molecule has 0 amide bonds. The summed E-state index contributed by atoms with van der Waals surface area (Å²) in [6.07, 6.45) is 0.941. The molecule has 0 saturated heterocycles. The smallest absolute Gasteiger partial charge is 0.308 e. The predicted octanol–water partition coefficient (Wildman–Crippen LogP) is 5.91. The summed E-state index contributed by atoms with van der Waals surface area (Å²) in [6.45, 7) is 27.1. The second-order valence-corrected chi connectivity index (χ2v) is 16.8. The van der Waals surface area contributed by atoms with Crippen LogP contribution in [0, 0.1) is 17.3 Å². The molecule has 5 nitrogen and oxygen atoms in total. The van der Waals surface area contributed by atoms with Crippen molar-refractivity contribution in [2.24, 2.45) is 17.3 Å². The molecule has 31 heavy (non-hydrogen) atoms. The number of carbonyl (C=O) groups is 2. The van der Waals surface area contributed by atoms with Gasteiger partial charge in [-0.2, -0.15) is 0 Å². The fourth-order valence-electron chi connectivity index (χ4n) is 3.31. The van der Waals surface area contributed by atoms with Crippen LogP contribution >= 0.6 is 0 Å². The lowest BCUT2D eigenvalue weighted by molar-refractivity contribution is -0.159. The van der Waals surface area contributed by atoms with E-state index in [9.17, 15) is 14.7 Å². The third-order valence-corrected chi connectivity index (χ3v) is 11.0. The lowest BCUT2D eigenvalue weighted by atomic mass is 9.73. The lowest BCUT2D eigenvalue weighted by Crippen LogP contribution is -2.53. The van der Waals surface area contributed by atoms with E-state index in [-0.39, 0.29) is 29.1 Å². The monoisotopic (exact) mass is 456 g/mol. The van der Waals surface area contributed by atoms with E-state index in [2.05, 4.69) is 40.4 Å². The Labute approximate surface area is 192 Å². The van der Waals surface area contributed by atoms with E-state index in [1.54, 1.807) is 13.0 Å². The largest absolute Gasteiger partial charge is 0.460 e. The van der Waals surface area contributed by atoms with Gasteiger partial charge in [-0.15, -0.1) is 6.58 Å². The van der Waals surface area contributed by atoms with E-state index < -0.39 is 37.5 Å². The van der Waals surface area contributed by atoms with E-state index in [4.69, 9.17) is 9.16 Å². The van der Waals surface area contributed by atoms with Crippen LogP contribution in [0.3, 0.4) is 0 Å². The molecule has 0 spiro atoms. The fraction of sp³-hybridized carbons (Fsp3) is 0.840. The number of allylic oxidation sites excluding steroid dienone is 1. The Morgan fingerprint density at radius 3 is 1.90 bits per heavy atom. The molecule has 6 heteroatoms. The Morgan fingerprint density at radius 2 is 1.52 bits per heavy atom. The first kappa shape index (κ1) is 30.0. The summed E-state index contributed by atoms with van der Waals surface area (Å²) < 4.78 is 12.2. The molecule has 4 atom stereocenters. The molecule has 0 saturated carbocycles. The van der Waals surface area contributed by atoms with Crippen LogP contribution in [0.1, 0.15) is 82.1 Å². The highest BCUT2D eigenvalue weighted by Gasteiger charge is 2.48. The molecule has 0 heterocycles. The summed E-state index contributed by atoms with van der Waals surface area (Å²) in [6, 6.07) is 0. The van der Waals surface area contributed by atoms with Gasteiger partial charge in [-0.3, -0.25) is 9.59 Å². The first-order chi connectivity index (χ1) is 13.7. The van der Waals surface area contributed by atoms with E-state index in [1.807, 2.05) is 41.5 Å². The van der Waals surface area contributed by atoms with Crippen LogP contribution in [0.15, 0.2) is 12.7 Å². The number of hydrogen-bond donors (Lipinski definition) is 1. The summed E-state index contributed by atoms with van der Waals surface area (Å²) in [5.41, 5.74) is -1.59. The maximum atomic E-state index is 13.6. The molecule has 0 fully saturated rings. The minimum absolute atomic E-state index is 0.00640. The van der Waals surface area contributed by atoms with Crippen LogP contribution in [0.2, 0.25) is 18.1 Å². The zero-order valence-corrected chi connectivity index (χ0v) is 23.1. The third kappa shape index (κ3) is 8.82. The zero-order valence-electron chi connectivity index (χ0n) is 22.1. The van der Waals surface area contributed by atoms with Crippen molar-refractivity contribution in [1.29, 1.82) is 0 Å². The normalized spacial score (nSPS) is 17.5. The minimum Gasteiger partial charge on any atom is -0.460 e. The number of hydrogen-bond acceptors (Lipinski definition) is 5. The summed E-state index contributed by atoms with van der Waals surface area (Å²) in [7, 11) is -2.28. The molecule has 0 bridgehead atoms. The van der Waals surface area contributed by atoms with Gasteiger partial charge >= 0.3 is 5.97 Å². The lowest BCUT2D eigenvalue weighted by Gasteiger charge is -2.44. The Balaban J connectivity index is 5.96. The number of rotatable bonds is 11. The number of carbonyl (C=O) groups excluding carboxylic acids is 2. The molecular weight excluding hydrogens is 408 g/mol. The highest BCUT2D eigenvalue weighted by molar-refractivity contribution is 6.74. The third-order valence-electron chi connectivity index (χ3n) is 6.50. The van der Waals surface area contributed by atoms with Gasteiger partial charge in [0.2, 0.25) is 0 Å². The van der Waals surface area contributed by atoms with Crippen molar-refractivity contribution in [3.63, 3.8) is 0 Å². The van der Waals surface area contributed by atoms with E-state index in [1.165, 1.54) is 0 Å². The SMILES string of the molecule is C=CC[C@H](C)[C@@H](O)[C@H](C)C(=O)C(C)(C)[C@H](CC(=O)OC(C)(C)C)O[Si](C)(C)C(C)(C)C. The van der Waals surface area contributed by atoms with Gasteiger partial charge in [0.15, 0.2) is 8.32 Å². The van der Waals surface area contributed by atoms with Gasteiger partial charge in [0.05, 0.1) is 18.6 Å². The van der Waals surface area contributed by atoms with Crippen LogP contribution in [0.25, 0.3) is 0 Å². The molecule has 0 radical (unpaired) electrons. The molecule has 182 valence electrons. The van der Waals surface area contributed by atoms with Crippen molar-refractivity contribution < 1.29 is 23.9 Å². The van der Waals surface area contributed by atoms with Gasteiger partial charge in [-0.05, 0) is 51.2 Å². The van der Waals surface area contributed by atoms with Crippen molar-refractivity contribution in [3.8, 4) is 0 Å². The standard InChI is InChI=1S/C25H48O5Si/c1-14-15-17(2)21(27)18(3)22(28)25(10,11)19(16-20(26)29-23(4,5)6)30-31(12,13)24(7,8)9/h14,17-19,21,27H,1,15-16H2,2-13H3/t17-,18-,19-,21+/m0/s1. The van der Waals surface area contributed by atoms with Crippen molar-refractivity contribution in [2.75, 3.05) is 0 Å². The molecule has 0 aromatic heterocycles. The summed E-state index contributed by atoms with van der Waals surface area (Å²) >= 11 is 0. The van der Waals surface area contributed by atoms with Gasteiger partial charge in [0.25, 0.3) is 0 Å². The van der Waals surface area contributed by atoms with Crippen molar-refractivity contribution in [1.82, 2.24) is 0 Å². The van der Waals surface area contributed by atoms with Crippen LogP contribution in [-0.2, 0) is 18.8 Å². The maximum Gasteiger partial charge on any atom is 0.308 e. The second kappa shape index (κ2) is 10.8. The first-order valence-corrected chi connectivity index (χ1v) is 14.3. The van der Waals surface area contributed by atoms with Crippen LogP contribution in [-0.4, -0.2) is 43.0 Å². The van der Waals surface area contributed by atoms with Gasteiger partial charge in [-0.1, -0.05) is 54.5 Å². The number of esters is 1. The Hall–Kier alpha value is -0.983. The highest BCUT2D eigenvalue weighted by atomic mass is 28.4. The first-order valence-electron chi connectivity index (χ1n) is 11.4. The molecule has 0 aliphatic carbocycles. The van der Waals surface area contributed by atoms with E-state index in [0.717, 1.165) is 0 Å². The second-order valence-electron chi connectivity index (χ2n) is 12.0. The Bertz CT molecular complexity index is 625. The number of aliphatic hydroxyl groups excluding tert-OH is 1. The van der Waals surface area contributed by atoms with Gasteiger partial charge in [-0.25, -0.2) is 0 Å². The summed E-state index contributed by atoms with van der Waals surface area (Å²) in [4.78, 5) is 26.3.